The van der Waals surface area contributed by atoms with Crippen LogP contribution < -0.4 is 0 Å². The summed E-state index contributed by atoms with van der Waals surface area (Å²) in [7, 11) is 0. The number of nitrogens with zero attached hydrogens (tertiary/aromatic N) is 2. The van der Waals surface area contributed by atoms with Crippen LogP contribution in [0.15, 0.2) is 54.6 Å². The summed E-state index contributed by atoms with van der Waals surface area (Å²) in [5, 5.41) is 15.5. The molecular weight excluding hydrogens is 284 g/mol. The quantitative estimate of drug-likeness (QED) is 0.728. The highest BCUT2D eigenvalue weighted by molar-refractivity contribution is 5.70. The lowest BCUT2D eigenvalue weighted by molar-refractivity contribution is 0.469. The summed E-state index contributed by atoms with van der Waals surface area (Å²) in [5.41, 5.74) is 4.65. The van der Waals surface area contributed by atoms with Crippen LogP contribution in [0.4, 0.5) is 0 Å². The summed E-state index contributed by atoms with van der Waals surface area (Å²) in [6.45, 7) is 4.21. The van der Waals surface area contributed by atoms with E-state index in [2.05, 4.69) is 19.9 Å². The maximum absolute atomic E-state index is 10.8. The monoisotopic (exact) mass is 306 g/mol. The fourth-order valence-electron chi connectivity index (χ4n) is 2.80. The van der Waals surface area contributed by atoms with E-state index in [0.717, 1.165) is 47.5 Å². The van der Waals surface area contributed by atoms with E-state index < -0.39 is 0 Å². The Morgan fingerprint density at radius 3 is 2.39 bits per heavy atom. The highest BCUT2D eigenvalue weighted by Crippen LogP contribution is 2.35. The summed E-state index contributed by atoms with van der Waals surface area (Å²) in [6, 6.07) is 18.1. The van der Waals surface area contributed by atoms with Gasteiger partial charge in [0.2, 0.25) is 0 Å². The molecule has 0 amide bonds. The van der Waals surface area contributed by atoms with Gasteiger partial charge in [0.25, 0.3) is 0 Å². The third-order valence-corrected chi connectivity index (χ3v) is 4.09. The minimum Gasteiger partial charge on any atom is -0.504 e. The molecule has 0 aliphatic heterocycles. The van der Waals surface area contributed by atoms with E-state index in [1.54, 1.807) is 0 Å². The largest absolute Gasteiger partial charge is 0.504 e. The molecule has 0 saturated heterocycles. The first-order valence-electron chi connectivity index (χ1n) is 8.14. The third-order valence-electron chi connectivity index (χ3n) is 4.09. The Hall–Kier alpha value is -2.55. The first-order valence-corrected chi connectivity index (χ1v) is 8.14. The number of aryl methyl sites for hydroxylation is 2. The van der Waals surface area contributed by atoms with Crippen molar-refractivity contribution < 1.29 is 5.11 Å². The van der Waals surface area contributed by atoms with E-state index in [4.69, 9.17) is 5.10 Å². The standard InChI is InChI=1S/C20H22N2O/c1-3-4-13-17-20(23)19(16-11-6-5-7-12-16)22(21-17)18-14-9-8-10-15(18)2/h5-12,14,23H,3-4,13H2,1-2H3. The highest BCUT2D eigenvalue weighted by Gasteiger charge is 2.20. The SMILES string of the molecule is CCCCc1nn(-c2ccccc2C)c(-c2ccccc2)c1O. The van der Waals surface area contributed by atoms with Crippen molar-refractivity contribution in [1.82, 2.24) is 9.78 Å². The Kier molecular flexibility index (Phi) is 4.47. The fraction of sp³-hybridized carbons (Fsp3) is 0.250. The van der Waals surface area contributed by atoms with Gasteiger partial charge in [0.05, 0.1) is 5.69 Å². The molecule has 0 spiro atoms. The first-order chi connectivity index (χ1) is 11.2. The number of aromatic nitrogens is 2. The molecule has 1 N–H and O–H groups in total. The van der Waals surface area contributed by atoms with Crippen molar-refractivity contribution in [1.29, 1.82) is 0 Å². The number of para-hydroxylation sites is 1. The van der Waals surface area contributed by atoms with Gasteiger partial charge in [-0.05, 0) is 31.4 Å². The molecule has 0 bridgehead atoms. The number of benzene rings is 2. The molecule has 0 aliphatic carbocycles. The molecule has 3 nitrogen and oxygen atoms in total. The van der Waals surface area contributed by atoms with Crippen molar-refractivity contribution >= 4 is 0 Å². The van der Waals surface area contributed by atoms with Gasteiger partial charge in [-0.15, -0.1) is 0 Å². The van der Waals surface area contributed by atoms with Gasteiger partial charge >= 0.3 is 0 Å². The summed E-state index contributed by atoms with van der Waals surface area (Å²) < 4.78 is 1.88. The molecule has 118 valence electrons. The maximum atomic E-state index is 10.8. The molecule has 0 fully saturated rings. The summed E-state index contributed by atoms with van der Waals surface area (Å²) in [4.78, 5) is 0. The van der Waals surface area contributed by atoms with Crippen LogP contribution in [0.2, 0.25) is 0 Å². The van der Waals surface area contributed by atoms with Crippen LogP contribution in [0.25, 0.3) is 16.9 Å². The average molecular weight is 306 g/mol. The van der Waals surface area contributed by atoms with Crippen LogP contribution in [0.1, 0.15) is 31.0 Å². The van der Waals surface area contributed by atoms with Crippen LogP contribution in [0.5, 0.6) is 5.75 Å². The molecule has 1 aromatic heterocycles. The molecule has 3 aromatic rings. The van der Waals surface area contributed by atoms with E-state index in [-0.39, 0.29) is 0 Å². The van der Waals surface area contributed by atoms with Crippen molar-refractivity contribution in [2.75, 3.05) is 0 Å². The minimum absolute atomic E-state index is 0.299. The summed E-state index contributed by atoms with van der Waals surface area (Å²) >= 11 is 0. The van der Waals surface area contributed by atoms with Gasteiger partial charge < -0.3 is 5.11 Å². The molecule has 2 aromatic carbocycles. The molecular formula is C20H22N2O. The van der Waals surface area contributed by atoms with Crippen molar-refractivity contribution in [3.8, 4) is 22.7 Å². The number of hydrogen-bond donors (Lipinski definition) is 1. The molecule has 1 heterocycles. The summed E-state index contributed by atoms with van der Waals surface area (Å²) in [6.07, 6.45) is 2.89. The average Bonchev–Trinajstić information content (AvgIpc) is 2.90. The van der Waals surface area contributed by atoms with Crippen LogP contribution in [-0.4, -0.2) is 14.9 Å². The molecule has 0 atom stereocenters. The van der Waals surface area contributed by atoms with Gasteiger partial charge in [-0.2, -0.15) is 5.10 Å². The van der Waals surface area contributed by atoms with Gasteiger partial charge in [0.15, 0.2) is 5.75 Å². The third kappa shape index (κ3) is 3.00. The maximum Gasteiger partial charge on any atom is 0.165 e. The molecule has 0 saturated carbocycles. The van der Waals surface area contributed by atoms with Gasteiger partial charge in [-0.1, -0.05) is 61.9 Å². The van der Waals surface area contributed by atoms with Crippen molar-refractivity contribution in [2.45, 2.75) is 33.1 Å². The minimum atomic E-state index is 0.299. The molecule has 23 heavy (non-hydrogen) atoms. The van der Waals surface area contributed by atoms with Crippen LogP contribution in [-0.2, 0) is 6.42 Å². The number of rotatable bonds is 5. The van der Waals surface area contributed by atoms with Crippen LogP contribution in [0.3, 0.4) is 0 Å². The van der Waals surface area contributed by atoms with E-state index in [9.17, 15) is 5.11 Å². The molecule has 0 aliphatic rings. The predicted octanol–water partition coefficient (Wildman–Crippen LogP) is 4.90. The van der Waals surface area contributed by atoms with Crippen LogP contribution >= 0.6 is 0 Å². The topological polar surface area (TPSA) is 38.0 Å². The predicted molar refractivity (Wildman–Crippen MR) is 94.0 cm³/mol. The van der Waals surface area contributed by atoms with E-state index in [0.29, 0.717) is 5.75 Å². The Morgan fingerprint density at radius 1 is 1.00 bits per heavy atom. The lowest BCUT2D eigenvalue weighted by atomic mass is 10.1. The zero-order valence-corrected chi connectivity index (χ0v) is 13.7. The zero-order valence-electron chi connectivity index (χ0n) is 13.7. The molecule has 3 rings (SSSR count). The lowest BCUT2D eigenvalue weighted by Crippen LogP contribution is -2.02. The van der Waals surface area contributed by atoms with Crippen LogP contribution in [0, 0.1) is 6.92 Å². The molecule has 0 unspecified atom stereocenters. The highest BCUT2D eigenvalue weighted by atomic mass is 16.3. The Labute approximate surface area is 137 Å². The van der Waals surface area contributed by atoms with Gasteiger partial charge in [-0.25, -0.2) is 4.68 Å². The second-order valence-electron chi connectivity index (χ2n) is 5.81. The normalized spacial score (nSPS) is 10.9. The Balaban J connectivity index is 2.20. The van der Waals surface area contributed by atoms with Crippen molar-refractivity contribution in [2.24, 2.45) is 0 Å². The fourth-order valence-corrected chi connectivity index (χ4v) is 2.80. The number of hydrogen-bond acceptors (Lipinski definition) is 2. The number of unbranched alkanes of at least 4 members (excludes halogenated alkanes) is 1. The second kappa shape index (κ2) is 6.69. The van der Waals surface area contributed by atoms with Gasteiger partial charge in [-0.3, -0.25) is 0 Å². The smallest absolute Gasteiger partial charge is 0.165 e. The van der Waals surface area contributed by atoms with E-state index >= 15 is 0 Å². The van der Waals surface area contributed by atoms with E-state index in [1.165, 1.54) is 0 Å². The zero-order chi connectivity index (χ0) is 16.2. The first kappa shape index (κ1) is 15.3. The summed E-state index contributed by atoms with van der Waals surface area (Å²) in [5.74, 6) is 0.299. The van der Waals surface area contributed by atoms with Crippen molar-refractivity contribution in [3.05, 3.63) is 65.9 Å². The Morgan fingerprint density at radius 2 is 1.70 bits per heavy atom. The van der Waals surface area contributed by atoms with Crippen molar-refractivity contribution in [3.63, 3.8) is 0 Å². The lowest BCUT2D eigenvalue weighted by Gasteiger charge is -2.10. The molecule has 3 heteroatoms. The van der Waals surface area contributed by atoms with Gasteiger partial charge in [0.1, 0.15) is 11.4 Å². The molecule has 0 radical (unpaired) electrons. The number of aromatic hydroxyl groups is 1. The Bertz CT molecular complexity index is 791. The second-order valence-corrected chi connectivity index (χ2v) is 5.81. The van der Waals surface area contributed by atoms with E-state index in [1.807, 2.05) is 53.2 Å². The van der Waals surface area contributed by atoms with Gasteiger partial charge in [0, 0.05) is 5.56 Å².